The summed E-state index contributed by atoms with van der Waals surface area (Å²) in [6.45, 7) is 0.875. The van der Waals surface area contributed by atoms with Gasteiger partial charge < -0.3 is 13.3 Å². The Morgan fingerprint density at radius 2 is 0.857 bits per heavy atom. The van der Waals surface area contributed by atoms with Crippen LogP contribution < -0.4 is 0 Å². The Hall–Kier alpha value is -2.32. The van der Waals surface area contributed by atoms with Gasteiger partial charge in [0.2, 0.25) is 0 Å². The largest absolute Gasteiger partial charge is 0.708 e. The number of hydrogen-bond acceptors (Lipinski definition) is 5. The molecular weight excluding hydrogens is 372 g/mol. The third kappa shape index (κ3) is 6.38. The monoisotopic (exact) mass is 396 g/mol. The molecule has 0 radical (unpaired) electrons. The molecule has 6 heteroatoms. The molecule has 0 aliphatic rings. The normalized spacial score (nSPS) is 11.5. The smallest absolute Gasteiger partial charge is 0.345 e. The second kappa shape index (κ2) is 10.9. The van der Waals surface area contributed by atoms with Crippen LogP contribution in [-0.2, 0) is 42.6 Å². The van der Waals surface area contributed by atoms with Crippen molar-refractivity contribution in [2.45, 2.75) is 19.8 Å². The van der Waals surface area contributed by atoms with Crippen LogP contribution in [0.2, 0.25) is 0 Å². The van der Waals surface area contributed by atoms with Gasteiger partial charge in [-0.1, -0.05) is 91.0 Å². The molecule has 28 heavy (non-hydrogen) atoms. The van der Waals surface area contributed by atoms with Crippen molar-refractivity contribution in [2.24, 2.45) is 0 Å². The zero-order valence-electron chi connectivity index (χ0n) is 15.8. The van der Waals surface area contributed by atoms with E-state index in [2.05, 4.69) is 0 Å². The van der Waals surface area contributed by atoms with Crippen LogP contribution in [0.15, 0.2) is 91.0 Å². The van der Waals surface area contributed by atoms with Crippen LogP contribution in [0.3, 0.4) is 0 Å². The van der Waals surface area contributed by atoms with Crippen molar-refractivity contribution in [1.82, 2.24) is 0 Å². The number of benzene rings is 3. The van der Waals surface area contributed by atoms with E-state index in [1.54, 1.807) is 0 Å². The summed E-state index contributed by atoms with van der Waals surface area (Å²) in [5, 5.41) is 0. The van der Waals surface area contributed by atoms with E-state index in [1.165, 1.54) is 7.11 Å². The zero-order chi connectivity index (χ0) is 19.5. The molecule has 3 aromatic rings. The molecule has 5 nitrogen and oxygen atoms in total. The number of rotatable bonds is 11. The van der Waals surface area contributed by atoms with Crippen molar-refractivity contribution in [2.75, 3.05) is 7.11 Å². The van der Waals surface area contributed by atoms with E-state index in [-0.39, 0.29) is 0 Å². The van der Waals surface area contributed by atoms with E-state index < -0.39 is 9.05 Å². The summed E-state index contributed by atoms with van der Waals surface area (Å²) >= 11 is 0. The summed E-state index contributed by atoms with van der Waals surface area (Å²) in [4.78, 5) is 4.96. The van der Waals surface area contributed by atoms with Crippen molar-refractivity contribution in [1.29, 1.82) is 0 Å². The predicted molar refractivity (Wildman–Crippen MR) is 108 cm³/mol. The Kier molecular flexibility index (Phi) is 7.92. The Morgan fingerprint density at radius 3 is 1.14 bits per heavy atom. The van der Waals surface area contributed by atoms with E-state index in [0.717, 1.165) is 16.7 Å². The summed E-state index contributed by atoms with van der Waals surface area (Å²) in [7, 11) is -2.14. The molecule has 0 saturated heterocycles. The summed E-state index contributed by atoms with van der Waals surface area (Å²) in [5.74, 6) is 0. The lowest BCUT2D eigenvalue weighted by Crippen LogP contribution is -2.48. The van der Waals surface area contributed by atoms with Crippen molar-refractivity contribution >= 4 is 9.05 Å². The van der Waals surface area contributed by atoms with Gasteiger partial charge in [0, 0.05) is 0 Å². The fraction of sp³-hybridized carbons (Fsp3) is 0.182. The minimum atomic E-state index is -3.57. The van der Waals surface area contributed by atoms with Gasteiger partial charge >= 0.3 is 9.05 Å². The van der Waals surface area contributed by atoms with Crippen LogP contribution in [-0.4, -0.2) is 16.2 Å². The molecule has 0 bridgehead atoms. The fourth-order valence-electron chi connectivity index (χ4n) is 2.54. The first-order valence-corrected chi connectivity index (χ1v) is 10.7. The van der Waals surface area contributed by atoms with E-state index in [9.17, 15) is 0 Å². The molecule has 0 aliphatic heterocycles. The fourth-order valence-corrected chi connectivity index (χ4v) is 4.17. The zero-order valence-corrected chi connectivity index (χ0v) is 16.8. The van der Waals surface area contributed by atoms with Gasteiger partial charge in [0.15, 0.2) is 0 Å². The highest BCUT2D eigenvalue weighted by Crippen LogP contribution is 2.19. The molecular formula is C22H24O5Si. The highest BCUT2D eigenvalue weighted by atomic mass is 28.4. The van der Waals surface area contributed by atoms with Crippen LogP contribution in [0, 0.1) is 0 Å². The summed E-state index contributed by atoms with van der Waals surface area (Å²) in [6.07, 6.45) is 0. The lowest BCUT2D eigenvalue weighted by atomic mass is 10.2. The average molecular weight is 397 g/mol. The Bertz CT molecular complexity index is 693. The molecule has 146 valence electrons. The molecule has 0 aromatic heterocycles. The highest BCUT2D eigenvalue weighted by Gasteiger charge is 2.48. The Morgan fingerprint density at radius 1 is 0.536 bits per heavy atom. The topological polar surface area (TPSA) is 46.2 Å². The molecule has 0 saturated carbocycles. The highest BCUT2D eigenvalue weighted by molar-refractivity contribution is 6.53. The first-order valence-electron chi connectivity index (χ1n) is 9.05. The van der Waals surface area contributed by atoms with E-state index in [0.29, 0.717) is 19.8 Å². The molecule has 3 aromatic carbocycles. The molecule has 3 rings (SSSR count). The second-order valence-corrected chi connectivity index (χ2v) is 8.11. The molecule has 0 aliphatic carbocycles. The van der Waals surface area contributed by atoms with Gasteiger partial charge in [-0.3, -0.25) is 0 Å². The van der Waals surface area contributed by atoms with E-state index in [4.69, 9.17) is 22.7 Å². The van der Waals surface area contributed by atoms with Crippen molar-refractivity contribution in [3.05, 3.63) is 108 Å². The first-order chi connectivity index (χ1) is 13.8. The standard InChI is InChI=1S/C22H24O5Si/c1-23-27-28(24-17-20-11-5-2-6-12-20,25-18-21-13-7-3-8-14-21)26-19-22-15-9-4-10-16-22/h2-16H,17-19H2,1H3. The third-order valence-electron chi connectivity index (χ3n) is 3.96. The molecule has 0 fully saturated rings. The molecule has 0 spiro atoms. The van der Waals surface area contributed by atoms with Gasteiger partial charge in [-0.2, -0.15) is 4.58 Å². The maximum absolute atomic E-state index is 6.05. The average Bonchev–Trinajstić information content (AvgIpc) is 2.77. The van der Waals surface area contributed by atoms with Gasteiger partial charge in [-0.25, -0.2) is 4.89 Å². The van der Waals surface area contributed by atoms with Gasteiger partial charge in [0.25, 0.3) is 0 Å². The second-order valence-electron chi connectivity index (χ2n) is 6.07. The maximum Gasteiger partial charge on any atom is 0.708 e. The van der Waals surface area contributed by atoms with Crippen LogP contribution in [0.1, 0.15) is 16.7 Å². The van der Waals surface area contributed by atoms with Crippen LogP contribution >= 0.6 is 0 Å². The van der Waals surface area contributed by atoms with E-state index in [1.807, 2.05) is 91.0 Å². The lowest BCUT2D eigenvalue weighted by Gasteiger charge is -2.26. The van der Waals surface area contributed by atoms with E-state index >= 15 is 0 Å². The third-order valence-corrected chi connectivity index (χ3v) is 5.83. The molecule has 0 amide bonds. The maximum atomic E-state index is 6.05. The van der Waals surface area contributed by atoms with Crippen molar-refractivity contribution in [3.8, 4) is 0 Å². The summed E-state index contributed by atoms with van der Waals surface area (Å²) in [6, 6.07) is 29.4. The quantitative estimate of drug-likeness (QED) is 0.268. The van der Waals surface area contributed by atoms with Crippen LogP contribution in [0.4, 0.5) is 0 Å². The Labute approximate surface area is 166 Å². The van der Waals surface area contributed by atoms with Crippen molar-refractivity contribution in [3.63, 3.8) is 0 Å². The van der Waals surface area contributed by atoms with Gasteiger partial charge in [-0.15, -0.1) is 0 Å². The first kappa shape index (κ1) is 20.4. The van der Waals surface area contributed by atoms with Gasteiger partial charge in [0.1, 0.15) is 0 Å². The molecule has 0 heterocycles. The van der Waals surface area contributed by atoms with Crippen LogP contribution in [0.25, 0.3) is 0 Å². The minimum absolute atomic E-state index is 0.292. The minimum Gasteiger partial charge on any atom is -0.345 e. The molecule has 0 atom stereocenters. The lowest BCUT2D eigenvalue weighted by molar-refractivity contribution is -0.258. The molecule has 0 N–H and O–H groups in total. The van der Waals surface area contributed by atoms with Crippen LogP contribution in [0.5, 0.6) is 0 Å². The van der Waals surface area contributed by atoms with Crippen molar-refractivity contribution < 1.29 is 22.7 Å². The Balaban J connectivity index is 1.73. The van der Waals surface area contributed by atoms with Gasteiger partial charge in [0.05, 0.1) is 26.9 Å². The number of hydrogen-bond donors (Lipinski definition) is 0. The SMILES string of the molecule is COO[Si](OCc1ccccc1)(OCc1ccccc1)OCc1ccccc1. The molecule has 0 unspecified atom stereocenters. The summed E-state index contributed by atoms with van der Waals surface area (Å²) in [5.41, 5.74) is 2.97. The predicted octanol–water partition coefficient (Wildman–Crippen LogP) is 4.65. The van der Waals surface area contributed by atoms with Gasteiger partial charge in [-0.05, 0) is 16.7 Å². The summed E-state index contributed by atoms with van der Waals surface area (Å²) < 4.78 is 23.6.